The second-order valence-electron chi connectivity index (χ2n) is 14.3. The number of imidazole rings is 1. The van der Waals surface area contributed by atoms with Crippen LogP contribution in [0.3, 0.4) is 0 Å². The third-order valence-corrected chi connectivity index (χ3v) is 11.7. The van der Waals surface area contributed by atoms with Crippen LogP contribution < -0.4 is 10.2 Å². The fourth-order valence-electron chi connectivity index (χ4n) is 7.26. The van der Waals surface area contributed by atoms with Gasteiger partial charge >= 0.3 is 5.97 Å². The number of nitrogens with zero attached hydrogens (tertiary/aromatic N) is 3. The van der Waals surface area contributed by atoms with Crippen molar-refractivity contribution < 1.29 is 45.2 Å². The van der Waals surface area contributed by atoms with Crippen LogP contribution in [-0.4, -0.2) is 82.3 Å². The fourth-order valence-corrected chi connectivity index (χ4v) is 8.27. The molecule has 0 saturated heterocycles. The lowest BCUT2D eigenvalue weighted by Gasteiger charge is -2.25. The minimum Gasteiger partial charge on any atom is -0.480 e. The Bertz CT molecular complexity index is 2220. The summed E-state index contributed by atoms with van der Waals surface area (Å²) >= 11 is 0. The third-order valence-electron chi connectivity index (χ3n) is 10.0. The minimum absolute atomic E-state index is 0.0865. The van der Waals surface area contributed by atoms with Gasteiger partial charge in [-0.15, -0.1) is 0 Å². The number of fused-ring (bicyclic) bond motifs is 2. The SMILES string of the molecule is CCN1/C(=C\C=C\C2=[N+](CCCCCC(=O)NC(Cc3cnc[nH]3)C(=O)O)c3ccc(S(=O)(=O)O)cc3C2(C)C)C(C)(C)c2cc(S(=O)(=O)O)ccc21. The van der Waals surface area contributed by atoms with Gasteiger partial charge in [0.2, 0.25) is 11.6 Å². The van der Waals surface area contributed by atoms with Crippen LogP contribution in [0.2, 0.25) is 0 Å². The molecule has 1 aromatic heterocycles. The molecule has 1 amide bonds. The summed E-state index contributed by atoms with van der Waals surface area (Å²) in [7, 11) is -8.85. The van der Waals surface area contributed by atoms with Gasteiger partial charge in [0.1, 0.15) is 12.6 Å². The molecule has 0 aliphatic carbocycles. The number of likely N-dealkylation sites (N-methyl/N-ethyl adjacent to an activating group) is 1. The molecule has 2 aliphatic rings. The molecular weight excluding hydrogens is 723 g/mol. The molecule has 0 saturated carbocycles. The molecule has 3 aromatic rings. The van der Waals surface area contributed by atoms with Crippen molar-refractivity contribution in [2.45, 2.75) is 93.4 Å². The molecule has 1 unspecified atom stereocenters. The Morgan fingerprint density at radius 2 is 1.62 bits per heavy atom. The zero-order chi connectivity index (χ0) is 38.9. The van der Waals surface area contributed by atoms with Crippen molar-refractivity contribution in [2.24, 2.45) is 0 Å². The molecule has 14 nitrogen and oxygen atoms in total. The predicted molar refractivity (Wildman–Crippen MR) is 199 cm³/mol. The van der Waals surface area contributed by atoms with E-state index in [2.05, 4.69) is 24.8 Å². The van der Waals surface area contributed by atoms with Gasteiger partial charge in [-0.2, -0.15) is 21.4 Å². The molecular formula is C37H46N5O9S2+. The lowest BCUT2D eigenvalue weighted by atomic mass is 9.81. The van der Waals surface area contributed by atoms with Crippen LogP contribution in [0.5, 0.6) is 0 Å². The quantitative estimate of drug-likeness (QED) is 0.0797. The molecule has 0 radical (unpaired) electrons. The maximum Gasteiger partial charge on any atom is 0.326 e. The van der Waals surface area contributed by atoms with Crippen LogP contribution in [0.15, 0.2) is 82.6 Å². The van der Waals surface area contributed by atoms with Gasteiger partial charge in [0.25, 0.3) is 20.2 Å². The highest BCUT2D eigenvalue weighted by Crippen LogP contribution is 2.48. The summed E-state index contributed by atoms with van der Waals surface area (Å²) in [5, 5.41) is 12.2. The number of aliphatic carboxylic acids is 1. The van der Waals surface area contributed by atoms with Gasteiger partial charge in [-0.25, -0.2) is 9.78 Å². The molecule has 2 aromatic carbocycles. The van der Waals surface area contributed by atoms with E-state index in [0.29, 0.717) is 38.0 Å². The second kappa shape index (κ2) is 15.0. The molecule has 3 heterocycles. The number of benzene rings is 2. The number of H-pyrrole nitrogens is 1. The molecule has 5 rings (SSSR count). The number of anilines is 1. The number of hydrogen-bond donors (Lipinski definition) is 5. The maximum absolute atomic E-state index is 12.6. The van der Waals surface area contributed by atoms with E-state index in [1.807, 2.05) is 52.8 Å². The summed E-state index contributed by atoms with van der Waals surface area (Å²) < 4.78 is 69.7. The third kappa shape index (κ3) is 8.30. The first-order valence-corrected chi connectivity index (χ1v) is 20.2. The number of unbranched alkanes of at least 4 members (excludes halogenated alkanes) is 2. The number of rotatable bonds is 15. The van der Waals surface area contributed by atoms with Crippen molar-refractivity contribution in [3.8, 4) is 0 Å². The average molecular weight is 769 g/mol. The van der Waals surface area contributed by atoms with Gasteiger partial charge in [-0.3, -0.25) is 13.9 Å². The number of carboxylic acid groups (broad SMARTS) is 1. The Kier molecular flexibility index (Phi) is 11.2. The van der Waals surface area contributed by atoms with Gasteiger partial charge in [0.05, 0.1) is 21.5 Å². The second-order valence-corrected chi connectivity index (χ2v) is 17.1. The monoisotopic (exact) mass is 768 g/mol. The fraction of sp³-hybridized carbons (Fsp3) is 0.405. The Hall–Kier alpha value is -4.64. The predicted octanol–water partition coefficient (Wildman–Crippen LogP) is 4.91. The van der Waals surface area contributed by atoms with Gasteiger partial charge < -0.3 is 20.3 Å². The Balaban J connectivity index is 1.37. The summed E-state index contributed by atoms with van der Waals surface area (Å²) in [5.41, 5.74) is 4.23. The van der Waals surface area contributed by atoms with Gasteiger partial charge in [-0.05, 0) is 75.6 Å². The first-order valence-electron chi connectivity index (χ1n) is 17.3. The van der Waals surface area contributed by atoms with Crippen molar-refractivity contribution in [1.29, 1.82) is 0 Å². The number of carboxylic acids is 1. The van der Waals surface area contributed by atoms with E-state index in [1.54, 1.807) is 12.1 Å². The molecule has 5 N–H and O–H groups in total. The number of amides is 1. The van der Waals surface area contributed by atoms with E-state index >= 15 is 0 Å². The number of aromatic amines is 1. The van der Waals surface area contributed by atoms with Gasteiger partial charge in [0, 0.05) is 72.2 Å². The van der Waals surface area contributed by atoms with Crippen molar-refractivity contribution in [1.82, 2.24) is 15.3 Å². The van der Waals surface area contributed by atoms with Crippen molar-refractivity contribution in [3.05, 3.63) is 89.7 Å². The van der Waals surface area contributed by atoms with E-state index in [0.717, 1.165) is 33.9 Å². The summed E-state index contributed by atoms with van der Waals surface area (Å²) in [6.07, 6.45) is 10.9. The van der Waals surface area contributed by atoms with Crippen molar-refractivity contribution in [3.63, 3.8) is 0 Å². The van der Waals surface area contributed by atoms with Crippen molar-refractivity contribution in [2.75, 3.05) is 18.0 Å². The van der Waals surface area contributed by atoms with Crippen molar-refractivity contribution >= 4 is 49.2 Å². The van der Waals surface area contributed by atoms with E-state index < -0.39 is 43.1 Å². The highest BCUT2D eigenvalue weighted by Gasteiger charge is 2.45. The van der Waals surface area contributed by atoms with Gasteiger partial charge in [0.15, 0.2) is 5.71 Å². The minimum atomic E-state index is -4.45. The number of nitrogens with one attached hydrogen (secondary N) is 2. The smallest absolute Gasteiger partial charge is 0.326 e. The van der Waals surface area contributed by atoms with E-state index in [9.17, 15) is 40.6 Å². The van der Waals surface area contributed by atoms with Crippen LogP contribution in [-0.2, 0) is 47.1 Å². The number of carbonyl (C=O) groups is 2. The number of allylic oxidation sites excluding steroid dienone is 4. The molecule has 0 fully saturated rings. The summed E-state index contributed by atoms with van der Waals surface area (Å²) in [5.74, 6) is -1.50. The Morgan fingerprint density at radius 3 is 2.23 bits per heavy atom. The largest absolute Gasteiger partial charge is 0.480 e. The Morgan fingerprint density at radius 1 is 0.962 bits per heavy atom. The zero-order valence-electron chi connectivity index (χ0n) is 30.3. The molecule has 2 aliphatic heterocycles. The highest BCUT2D eigenvalue weighted by molar-refractivity contribution is 7.86. The standard InChI is InChI=1S/C37H45N5O9S2/c1-6-41-30-16-14-25(52(46,47)48)20-27(30)36(2,3)32(41)11-10-12-33-37(4,5)28-21-26(53(49,50)51)15-17-31(28)42(33)18-9-7-8-13-34(43)40-29(35(44)45)19-24-22-38-23-39-24/h10-12,14-17,20-23,29H,6-9,13,18-19H2,1-5H3,(H4-,38,39,40,43,44,45,46,47,48,49,50,51)/p+1. The molecule has 0 spiro atoms. The number of hydrogen-bond acceptors (Lipinski definition) is 8. The van der Waals surface area contributed by atoms with Crippen LogP contribution >= 0.6 is 0 Å². The Labute approximate surface area is 309 Å². The molecule has 284 valence electrons. The van der Waals surface area contributed by atoms with Gasteiger partial charge in [-0.1, -0.05) is 19.9 Å². The number of carbonyl (C=O) groups excluding carboxylic acids is 1. The average Bonchev–Trinajstić information content (AvgIpc) is 3.72. The van der Waals surface area contributed by atoms with E-state index in [4.69, 9.17) is 0 Å². The molecule has 1 atom stereocenters. The number of aromatic nitrogens is 2. The zero-order valence-corrected chi connectivity index (χ0v) is 32.0. The summed E-state index contributed by atoms with van der Waals surface area (Å²) in [6.45, 7) is 11.1. The van der Waals surface area contributed by atoms with Crippen LogP contribution in [0, 0.1) is 0 Å². The molecule has 0 bridgehead atoms. The maximum atomic E-state index is 12.6. The first-order chi connectivity index (χ1) is 24.8. The summed E-state index contributed by atoms with van der Waals surface area (Å²) in [4.78, 5) is 32.8. The molecule has 53 heavy (non-hydrogen) atoms. The lowest BCUT2D eigenvalue weighted by Crippen LogP contribution is -2.42. The first kappa shape index (κ1) is 39.6. The van der Waals surface area contributed by atoms with E-state index in [1.165, 1.54) is 36.8 Å². The van der Waals surface area contributed by atoms with E-state index in [-0.39, 0.29) is 28.5 Å². The lowest BCUT2D eigenvalue weighted by molar-refractivity contribution is -0.438. The summed E-state index contributed by atoms with van der Waals surface area (Å²) in [6, 6.07) is 8.06. The topological polar surface area (TPSA) is 210 Å². The highest BCUT2D eigenvalue weighted by atomic mass is 32.2. The van der Waals surface area contributed by atoms with Crippen LogP contribution in [0.25, 0.3) is 0 Å². The van der Waals surface area contributed by atoms with Crippen LogP contribution in [0.4, 0.5) is 11.4 Å². The molecule has 16 heteroatoms. The van der Waals surface area contributed by atoms with Crippen LogP contribution in [0.1, 0.15) is 77.1 Å². The normalized spacial score (nSPS) is 17.7.